The summed E-state index contributed by atoms with van der Waals surface area (Å²) in [4.78, 5) is 0. The lowest BCUT2D eigenvalue weighted by molar-refractivity contribution is 0.443. The lowest BCUT2D eigenvalue weighted by atomic mass is 10.1. The average molecular weight is 247 g/mol. The second-order valence-electron chi connectivity index (χ2n) is 4.46. The maximum Gasteiger partial charge on any atom is 0.137 e. The Labute approximate surface area is 107 Å². The van der Waals surface area contributed by atoms with Gasteiger partial charge in [-0.25, -0.2) is 4.39 Å². The Morgan fingerprint density at radius 1 is 1.28 bits per heavy atom. The molecule has 0 aliphatic carbocycles. The lowest BCUT2D eigenvalue weighted by Gasteiger charge is -2.08. The number of furan rings is 1. The number of benzene rings is 1. The van der Waals surface area contributed by atoms with Crippen molar-refractivity contribution in [2.45, 2.75) is 26.8 Å². The van der Waals surface area contributed by atoms with Crippen molar-refractivity contribution in [2.75, 3.05) is 6.54 Å². The normalized spacial score (nSPS) is 12.7. The summed E-state index contributed by atoms with van der Waals surface area (Å²) in [5, 5.41) is 3.26. The van der Waals surface area contributed by atoms with Gasteiger partial charge in [0.2, 0.25) is 0 Å². The minimum atomic E-state index is -0.244. The van der Waals surface area contributed by atoms with Crippen LogP contribution in [0, 0.1) is 12.7 Å². The fraction of sp³-hybridized carbons (Fsp3) is 0.333. The second kappa shape index (κ2) is 5.36. The van der Waals surface area contributed by atoms with Crippen LogP contribution < -0.4 is 5.32 Å². The molecule has 18 heavy (non-hydrogen) atoms. The minimum absolute atomic E-state index is 0.136. The highest BCUT2D eigenvalue weighted by molar-refractivity contribution is 5.59. The molecular formula is C15H18FNO. The van der Waals surface area contributed by atoms with Crippen LogP contribution in [0.4, 0.5) is 4.39 Å². The summed E-state index contributed by atoms with van der Waals surface area (Å²) in [6, 6.07) is 9.00. The molecule has 3 heteroatoms. The molecule has 2 aromatic rings. The van der Waals surface area contributed by atoms with Crippen molar-refractivity contribution in [3.8, 4) is 11.3 Å². The van der Waals surface area contributed by atoms with E-state index >= 15 is 0 Å². The smallest absolute Gasteiger partial charge is 0.137 e. The van der Waals surface area contributed by atoms with Crippen LogP contribution >= 0.6 is 0 Å². The monoisotopic (exact) mass is 247 g/mol. The van der Waals surface area contributed by atoms with E-state index in [0.717, 1.165) is 17.9 Å². The number of halogens is 1. The van der Waals surface area contributed by atoms with Gasteiger partial charge in [-0.3, -0.25) is 0 Å². The van der Waals surface area contributed by atoms with Crippen LogP contribution in [-0.4, -0.2) is 6.54 Å². The Kier molecular flexibility index (Phi) is 3.82. The summed E-state index contributed by atoms with van der Waals surface area (Å²) in [7, 11) is 0. The van der Waals surface area contributed by atoms with E-state index in [4.69, 9.17) is 4.42 Å². The number of nitrogens with one attached hydrogen (secondary N) is 1. The number of aryl methyl sites for hydroxylation is 1. The molecule has 1 aromatic carbocycles. The Hall–Kier alpha value is -1.61. The molecule has 0 fully saturated rings. The van der Waals surface area contributed by atoms with Gasteiger partial charge in [0.05, 0.1) is 11.6 Å². The number of hydrogen-bond acceptors (Lipinski definition) is 2. The van der Waals surface area contributed by atoms with Crippen LogP contribution in [0.5, 0.6) is 0 Å². The zero-order valence-corrected chi connectivity index (χ0v) is 11.0. The van der Waals surface area contributed by atoms with Crippen molar-refractivity contribution in [2.24, 2.45) is 0 Å². The van der Waals surface area contributed by atoms with Gasteiger partial charge in [0.25, 0.3) is 0 Å². The summed E-state index contributed by atoms with van der Waals surface area (Å²) in [6.45, 7) is 6.81. The van der Waals surface area contributed by atoms with Gasteiger partial charge >= 0.3 is 0 Å². The molecule has 0 bridgehead atoms. The highest BCUT2D eigenvalue weighted by Crippen LogP contribution is 2.27. The topological polar surface area (TPSA) is 25.2 Å². The van der Waals surface area contributed by atoms with Crippen molar-refractivity contribution in [1.82, 2.24) is 5.32 Å². The third-order valence-electron chi connectivity index (χ3n) is 2.95. The van der Waals surface area contributed by atoms with Crippen LogP contribution in [0.2, 0.25) is 0 Å². The van der Waals surface area contributed by atoms with Gasteiger partial charge in [0, 0.05) is 0 Å². The molecule has 1 aromatic heterocycles. The molecule has 1 unspecified atom stereocenters. The predicted octanol–water partition coefficient (Wildman–Crippen LogP) is 4.06. The molecule has 0 spiro atoms. The van der Waals surface area contributed by atoms with Gasteiger partial charge in [0.1, 0.15) is 17.3 Å². The molecule has 0 radical (unpaired) electrons. The maximum atomic E-state index is 13.8. The zero-order valence-electron chi connectivity index (χ0n) is 11.0. The third-order valence-corrected chi connectivity index (χ3v) is 2.95. The van der Waals surface area contributed by atoms with Crippen molar-refractivity contribution in [3.63, 3.8) is 0 Å². The van der Waals surface area contributed by atoms with Crippen LogP contribution in [0.1, 0.15) is 31.2 Å². The quantitative estimate of drug-likeness (QED) is 0.881. The molecule has 0 aliphatic heterocycles. The lowest BCUT2D eigenvalue weighted by Crippen LogP contribution is -2.16. The first kappa shape index (κ1) is 12.8. The largest absolute Gasteiger partial charge is 0.459 e. The molecule has 2 nitrogen and oxygen atoms in total. The van der Waals surface area contributed by atoms with Crippen molar-refractivity contribution >= 4 is 0 Å². The van der Waals surface area contributed by atoms with Crippen LogP contribution in [0.3, 0.4) is 0 Å². The minimum Gasteiger partial charge on any atom is -0.459 e. The predicted molar refractivity (Wildman–Crippen MR) is 70.9 cm³/mol. The highest BCUT2D eigenvalue weighted by atomic mass is 19.1. The SMILES string of the molecule is CCNC(C)c1ccc(-c2ccc(C)cc2F)o1. The summed E-state index contributed by atoms with van der Waals surface area (Å²) >= 11 is 0. The van der Waals surface area contributed by atoms with Gasteiger partial charge in [-0.1, -0.05) is 13.0 Å². The third kappa shape index (κ3) is 2.62. The summed E-state index contributed by atoms with van der Waals surface area (Å²) < 4.78 is 19.5. The Morgan fingerprint density at radius 3 is 2.72 bits per heavy atom. The molecule has 0 saturated heterocycles. The van der Waals surface area contributed by atoms with E-state index in [1.807, 2.05) is 39.0 Å². The van der Waals surface area contributed by atoms with Gasteiger partial charge in [0.15, 0.2) is 0 Å². The van der Waals surface area contributed by atoms with E-state index in [1.165, 1.54) is 6.07 Å². The zero-order chi connectivity index (χ0) is 13.1. The summed E-state index contributed by atoms with van der Waals surface area (Å²) in [5.41, 5.74) is 1.42. The van der Waals surface area contributed by atoms with Crippen LogP contribution in [0.15, 0.2) is 34.7 Å². The van der Waals surface area contributed by atoms with Gasteiger partial charge in [-0.05, 0) is 50.2 Å². The number of rotatable bonds is 4. The van der Waals surface area contributed by atoms with E-state index < -0.39 is 0 Å². The fourth-order valence-electron chi connectivity index (χ4n) is 1.96. The Bertz CT molecular complexity index is 533. The molecular weight excluding hydrogens is 229 g/mol. The van der Waals surface area contributed by atoms with E-state index in [9.17, 15) is 4.39 Å². The first-order valence-corrected chi connectivity index (χ1v) is 6.21. The Balaban J connectivity index is 2.29. The molecule has 1 heterocycles. The van der Waals surface area contributed by atoms with Crippen molar-refractivity contribution in [3.05, 3.63) is 47.5 Å². The van der Waals surface area contributed by atoms with E-state index in [1.54, 1.807) is 6.07 Å². The maximum absolute atomic E-state index is 13.8. The standard InChI is InChI=1S/C15H18FNO/c1-4-17-11(3)14-7-8-15(18-14)12-6-5-10(2)9-13(12)16/h5-9,11,17H,4H2,1-3H3. The first-order valence-electron chi connectivity index (χ1n) is 6.21. The highest BCUT2D eigenvalue weighted by Gasteiger charge is 2.13. The van der Waals surface area contributed by atoms with Gasteiger partial charge in [-0.15, -0.1) is 0 Å². The molecule has 0 saturated carbocycles. The first-order chi connectivity index (χ1) is 8.61. The van der Waals surface area contributed by atoms with Crippen LogP contribution in [0.25, 0.3) is 11.3 Å². The average Bonchev–Trinajstić information content (AvgIpc) is 2.78. The molecule has 2 rings (SSSR count). The van der Waals surface area contributed by atoms with Crippen LogP contribution in [-0.2, 0) is 0 Å². The Morgan fingerprint density at radius 2 is 2.06 bits per heavy atom. The van der Waals surface area contributed by atoms with E-state index in [0.29, 0.717) is 11.3 Å². The summed E-state index contributed by atoms with van der Waals surface area (Å²) in [5.74, 6) is 1.16. The summed E-state index contributed by atoms with van der Waals surface area (Å²) in [6.07, 6.45) is 0. The van der Waals surface area contributed by atoms with E-state index in [-0.39, 0.29) is 11.9 Å². The molecule has 0 amide bonds. The fourth-order valence-corrected chi connectivity index (χ4v) is 1.96. The molecule has 96 valence electrons. The van der Waals surface area contributed by atoms with E-state index in [2.05, 4.69) is 5.32 Å². The molecule has 0 aliphatic rings. The van der Waals surface area contributed by atoms with Gasteiger partial charge in [-0.2, -0.15) is 0 Å². The van der Waals surface area contributed by atoms with Gasteiger partial charge < -0.3 is 9.73 Å². The second-order valence-corrected chi connectivity index (χ2v) is 4.46. The molecule has 1 N–H and O–H groups in total. The number of hydrogen-bond donors (Lipinski definition) is 1. The van der Waals surface area contributed by atoms with Crippen molar-refractivity contribution in [1.29, 1.82) is 0 Å². The van der Waals surface area contributed by atoms with Crippen molar-refractivity contribution < 1.29 is 8.81 Å². The molecule has 1 atom stereocenters.